The van der Waals surface area contributed by atoms with E-state index in [2.05, 4.69) is 10.0 Å². The van der Waals surface area contributed by atoms with Crippen molar-refractivity contribution in [2.45, 2.75) is 73.9 Å². The molecule has 2 saturated carbocycles. The highest BCUT2D eigenvalue weighted by Crippen LogP contribution is 2.49. The first-order valence-corrected chi connectivity index (χ1v) is 14.3. The van der Waals surface area contributed by atoms with E-state index < -0.39 is 27.6 Å². The Morgan fingerprint density at radius 1 is 0.950 bits per heavy atom. The zero-order valence-corrected chi connectivity index (χ0v) is 23.0. The van der Waals surface area contributed by atoms with E-state index in [0.717, 1.165) is 31.2 Å². The van der Waals surface area contributed by atoms with Crippen molar-refractivity contribution in [1.82, 2.24) is 5.32 Å². The number of benzene rings is 2. The van der Waals surface area contributed by atoms with Gasteiger partial charge < -0.3 is 19.9 Å². The van der Waals surface area contributed by atoms with Crippen molar-refractivity contribution in [3.63, 3.8) is 0 Å². The van der Waals surface area contributed by atoms with Crippen molar-refractivity contribution in [3.8, 4) is 11.5 Å². The van der Waals surface area contributed by atoms with E-state index in [1.807, 2.05) is 12.1 Å². The van der Waals surface area contributed by atoms with Gasteiger partial charge in [0.1, 0.15) is 16.4 Å². The molecule has 2 aliphatic carbocycles. The maximum Gasteiger partial charge on any atom is 0.490 e. The second-order valence-electron chi connectivity index (χ2n) is 9.75. The minimum atomic E-state index is -5.08. The highest BCUT2D eigenvalue weighted by Gasteiger charge is 2.51. The number of carbonyl (C=O) groups excluding carboxylic acids is 1. The van der Waals surface area contributed by atoms with Crippen LogP contribution in [0.5, 0.6) is 11.5 Å². The number of carbonyl (C=O) groups is 2. The molecule has 40 heavy (non-hydrogen) atoms. The van der Waals surface area contributed by atoms with Gasteiger partial charge in [-0.15, -0.1) is 0 Å². The van der Waals surface area contributed by atoms with Crippen molar-refractivity contribution in [3.05, 3.63) is 48.0 Å². The molecule has 1 amide bonds. The van der Waals surface area contributed by atoms with Gasteiger partial charge in [-0.3, -0.25) is 9.52 Å². The Kier molecular flexibility index (Phi) is 9.93. The van der Waals surface area contributed by atoms with Gasteiger partial charge in [0.2, 0.25) is 5.91 Å². The molecule has 0 aromatic heterocycles. The average molecular weight is 587 g/mol. The SMILES string of the molecule is COc1ccc(OC)c(S(=O)(=O)Nc2ccc(C3(C(=O)NC4CCCCCC4)CC3)cc2)c1.O=C(O)C(F)(F)F. The predicted molar refractivity (Wildman–Crippen MR) is 141 cm³/mol. The molecule has 9 nitrogen and oxygen atoms in total. The molecule has 0 radical (unpaired) electrons. The number of nitrogens with one attached hydrogen (secondary N) is 2. The maximum atomic E-state index is 13.1. The highest BCUT2D eigenvalue weighted by atomic mass is 32.2. The molecule has 2 aromatic carbocycles. The van der Waals surface area contributed by atoms with Crippen LogP contribution in [-0.4, -0.2) is 51.8 Å². The van der Waals surface area contributed by atoms with Crippen LogP contribution in [0, 0.1) is 0 Å². The van der Waals surface area contributed by atoms with Gasteiger partial charge in [0, 0.05) is 17.8 Å². The number of methoxy groups -OCH3 is 2. The number of rotatable bonds is 8. The van der Waals surface area contributed by atoms with Crippen LogP contribution in [0.15, 0.2) is 47.4 Å². The topological polar surface area (TPSA) is 131 Å². The number of sulfonamides is 1. The van der Waals surface area contributed by atoms with E-state index in [-0.39, 0.29) is 22.6 Å². The Balaban J connectivity index is 0.000000559. The summed E-state index contributed by atoms with van der Waals surface area (Å²) in [5.41, 5.74) is 0.860. The molecular formula is C27H33F3N2O7S. The van der Waals surface area contributed by atoms with E-state index in [9.17, 15) is 26.4 Å². The van der Waals surface area contributed by atoms with Gasteiger partial charge >= 0.3 is 12.1 Å². The lowest BCUT2D eigenvalue weighted by Crippen LogP contribution is -2.41. The molecule has 2 aliphatic rings. The Labute approximate surface area is 231 Å². The number of halogens is 3. The summed E-state index contributed by atoms with van der Waals surface area (Å²) in [6.45, 7) is 0. The number of alkyl halides is 3. The standard InChI is InChI=1S/C25H32N2O5S.C2HF3O2/c1-31-21-13-14-22(32-2)23(17-21)33(29,30)27-20-11-9-18(10-12-20)25(15-16-25)24(28)26-19-7-5-3-4-6-8-19;3-2(4,5)1(6)7/h9-14,17,19,27H,3-8,15-16H2,1-2H3,(H,26,28);(H,6,7). The average Bonchev–Trinajstić information content (AvgIpc) is 3.74. The largest absolute Gasteiger partial charge is 0.497 e. The molecule has 220 valence electrons. The minimum absolute atomic E-state index is 0.00475. The van der Waals surface area contributed by atoms with Crippen molar-refractivity contribution >= 4 is 27.6 Å². The fraction of sp³-hybridized carbons (Fsp3) is 0.481. The van der Waals surface area contributed by atoms with Crippen LogP contribution in [0.1, 0.15) is 56.9 Å². The summed E-state index contributed by atoms with van der Waals surface area (Å²) in [6.07, 6.45) is 3.49. The van der Waals surface area contributed by atoms with Crippen LogP contribution >= 0.6 is 0 Å². The van der Waals surface area contributed by atoms with Crippen LogP contribution in [-0.2, 0) is 25.0 Å². The zero-order chi connectivity index (χ0) is 29.6. The van der Waals surface area contributed by atoms with Crippen molar-refractivity contribution in [1.29, 1.82) is 0 Å². The van der Waals surface area contributed by atoms with Crippen LogP contribution < -0.4 is 19.5 Å². The smallest absolute Gasteiger partial charge is 0.490 e. The lowest BCUT2D eigenvalue weighted by atomic mass is 9.94. The third-order valence-electron chi connectivity index (χ3n) is 6.97. The van der Waals surface area contributed by atoms with E-state index in [1.54, 1.807) is 24.3 Å². The number of hydrogen-bond donors (Lipinski definition) is 3. The fourth-order valence-electron chi connectivity index (χ4n) is 4.58. The molecule has 13 heteroatoms. The summed E-state index contributed by atoms with van der Waals surface area (Å²) in [5, 5.41) is 10.4. The summed E-state index contributed by atoms with van der Waals surface area (Å²) in [7, 11) is -0.997. The number of hydrogen-bond acceptors (Lipinski definition) is 6. The lowest BCUT2D eigenvalue weighted by Gasteiger charge is -2.22. The Hall–Kier alpha value is -3.48. The van der Waals surface area contributed by atoms with Crippen LogP contribution in [0.25, 0.3) is 0 Å². The summed E-state index contributed by atoms with van der Waals surface area (Å²) >= 11 is 0. The molecule has 0 bridgehead atoms. The summed E-state index contributed by atoms with van der Waals surface area (Å²) in [4.78, 5) is 22.0. The molecule has 4 rings (SSSR count). The second-order valence-corrected chi connectivity index (χ2v) is 11.4. The Morgan fingerprint density at radius 2 is 1.52 bits per heavy atom. The first-order chi connectivity index (χ1) is 18.8. The number of carboxylic acid groups (broad SMARTS) is 1. The number of ether oxygens (including phenoxy) is 2. The number of aliphatic carboxylic acids is 1. The van der Waals surface area contributed by atoms with Crippen molar-refractivity contribution < 1.29 is 45.8 Å². The number of carboxylic acids is 1. The van der Waals surface area contributed by atoms with Gasteiger partial charge in [-0.1, -0.05) is 37.8 Å². The minimum Gasteiger partial charge on any atom is -0.497 e. The summed E-state index contributed by atoms with van der Waals surface area (Å²) < 4.78 is 70.7. The summed E-state index contributed by atoms with van der Waals surface area (Å²) in [5.74, 6) is -2.01. The molecule has 3 N–H and O–H groups in total. The predicted octanol–water partition coefficient (Wildman–Crippen LogP) is 5.01. The fourth-order valence-corrected chi connectivity index (χ4v) is 5.82. The molecule has 0 atom stereocenters. The first-order valence-electron chi connectivity index (χ1n) is 12.8. The Bertz CT molecular complexity index is 1290. The Morgan fingerprint density at radius 3 is 2.00 bits per heavy atom. The van der Waals surface area contributed by atoms with Gasteiger partial charge in [-0.25, -0.2) is 13.2 Å². The van der Waals surface area contributed by atoms with Crippen LogP contribution in [0.3, 0.4) is 0 Å². The van der Waals surface area contributed by atoms with E-state index in [4.69, 9.17) is 19.4 Å². The van der Waals surface area contributed by atoms with Gasteiger partial charge in [-0.05, 0) is 55.5 Å². The van der Waals surface area contributed by atoms with E-state index in [1.165, 1.54) is 46.0 Å². The third kappa shape index (κ3) is 7.80. The number of anilines is 1. The van der Waals surface area contributed by atoms with Crippen LogP contribution in [0.2, 0.25) is 0 Å². The maximum absolute atomic E-state index is 13.1. The van der Waals surface area contributed by atoms with Crippen molar-refractivity contribution in [2.75, 3.05) is 18.9 Å². The molecule has 0 saturated heterocycles. The van der Waals surface area contributed by atoms with Gasteiger partial charge in [0.05, 0.1) is 19.6 Å². The van der Waals surface area contributed by atoms with Gasteiger partial charge in [-0.2, -0.15) is 13.2 Å². The first kappa shape index (κ1) is 31.1. The summed E-state index contributed by atoms with van der Waals surface area (Å²) in [6, 6.07) is 12.0. The molecule has 2 aromatic rings. The van der Waals surface area contributed by atoms with E-state index in [0.29, 0.717) is 11.4 Å². The number of amides is 1. The van der Waals surface area contributed by atoms with E-state index >= 15 is 0 Å². The monoisotopic (exact) mass is 586 g/mol. The van der Waals surface area contributed by atoms with Crippen molar-refractivity contribution in [2.24, 2.45) is 0 Å². The zero-order valence-electron chi connectivity index (χ0n) is 22.2. The molecule has 0 heterocycles. The molecule has 0 aliphatic heterocycles. The normalized spacial score (nSPS) is 16.9. The highest BCUT2D eigenvalue weighted by molar-refractivity contribution is 7.92. The molecule has 2 fully saturated rings. The molecule has 0 unspecified atom stereocenters. The molecule has 0 spiro atoms. The molecular weight excluding hydrogens is 553 g/mol. The van der Waals surface area contributed by atoms with Crippen LogP contribution in [0.4, 0.5) is 18.9 Å². The quantitative estimate of drug-likeness (QED) is 0.371. The lowest BCUT2D eigenvalue weighted by molar-refractivity contribution is -0.192. The third-order valence-corrected chi connectivity index (χ3v) is 8.37. The van der Waals surface area contributed by atoms with Gasteiger partial charge in [0.15, 0.2) is 0 Å². The second kappa shape index (κ2) is 12.8. The van der Waals surface area contributed by atoms with Gasteiger partial charge in [0.25, 0.3) is 10.0 Å².